The van der Waals surface area contributed by atoms with Crippen LogP contribution >= 0.6 is 15.9 Å². The molecule has 0 aromatic heterocycles. The lowest BCUT2D eigenvalue weighted by atomic mass is 10.0. The van der Waals surface area contributed by atoms with Crippen molar-refractivity contribution in [2.24, 2.45) is 5.92 Å². The Bertz CT molecular complexity index is 236. The topological polar surface area (TPSA) is 55.4 Å². The smallest absolute Gasteiger partial charge is 0.221 e. The van der Waals surface area contributed by atoms with E-state index in [2.05, 4.69) is 20.7 Å². The monoisotopic (exact) mass is 271 g/mol. The molecule has 0 aromatic carbocycles. The predicted octanol–water partition coefficient (Wildman–Crippen LogP) is 0.685. The lowest BCUT2D eigenvalue weighted by molar-refractivity contribution is 0.0678. The molecule has 0 radical (unpaired) electrons. The van der Waals surface area contributed by atoms with Crippen LogP contribution in [0, 0.1) is 5.92 Å². The lowest BCUT2D eigenvalue weighted by Crippen LogP contribution is -2.32. The molecule has 4 nitrogen and oxygen atoms in total. The van der Waals surface area contributed by atoms with Crippen LogP contribution in [-0.4, -0.2) is 32.8 Å². The SMILES string of the molecule is O=S(=O)(CBr)NCC1CCOCC1. The number of halogens is 1. The van der Waals surface area contributed by atoms with Crippen molar-refractivity contribution in [3.8, 4) is 0 Å². The van der Waals surface area contributed by atoms with Crippen molar-refractivity contribution in [1.29, 1.82) is 0 Å². The molecule has 1 heterocycles. The van der Waals surface area contributed by atoms with E-state index in [9.17, 15) is 8.42 Å². The van der Waals surface area contributed by atoms with Crippen molar-refractivity contribution in [3.63, 3.8) is 0 Å². The zero-order chi connectivity index (χ0) is 9.73. The van der Waals surface area contributed by atoms with Gasteiger partial charge in [-0.05, 0) is 18.8 Å². The number of hydrogen-bond acceptors (Lipinski definition) is 3. The summed E-state index contributed by atoms with van der Waals surface area (Å²) in [5.41, 5.74) is 0. The first-order valence-corrected chi connectivity index (χ1v) is 7.02. The summed E-state index contributed by atoms with van der Waals surface area (Å²) >= 11 is 2.92. The molecule has 1 N–H and O–H groups in total. The molecule has 0 aliphatic carbocycles. The van der Waals surface area contributed by atoms with Crippen LogP contribution in [0.2, 0.25) is 0 Å². The Morgan fingerprint density at radius 1 is 1.38 bits per heavy atom. The minimum absolute atomic E-state index is 0.0246. The van der Waals surface area contributed by atoms with Gasteiger partial charge in [0, 0.05) is 19.8 Å². The van der Waals surface area contributed by atoms with Crippen LogP contribution in [-0.2, 0) is 14.8 Å². The van der Waals surface area contributed by atoms with E-state index in [0.717, 1.165) is 26.1 Å². The van der Waals surface area contributed by atoms with Gasteiger partial charge in [-0.1, -0.05) is 15.9 Å². The zero-order valence-corrected chi connectivity index (χ0v) is 9.73. The normalized spacial score (nSPS) is 20.4. The fourth-order valence-corrected chi connectivity index (χ4v) is 2.29. The molecule has 0 bridgehead atoms. The van der Waals surface area contributed by atoms with E-state index < -0.39 is 10.0 Å². The van der Waals surface area contributed by atoms with Gasteiger partial charge in [0.1, 0.15) is 4.66 Å². The summed E-state index contributed by atoms with van der Waals surface area (Å²) in [5, 5.41) is 0. The van der Waals surface area contributed by atoms with Gasteiger partial charge in [-0.15, -0.1) is 0 Å². The molecule has 6 heteroatoms. The quantitative estimate of drug-likeness (QED) is 0.766. The van der Waals surface area contributed by atoms with E-state index >= 15 is 0 Å². The van der Waals surface area contributed by atoms with Crippen molar-refractivity contribution in [1.82, 2.24) is 4.72 Å². The van der Waals surface area contributed by atoms with Crippen LogP contribution in [0.3, 0.4) is 0 Å². The van der Waals surface area contributed by atoms with Crippen molar-refractivity contribution in [2.75, 3.05) is 24.4 Å². The van der Waals surface area contributed by atoms with Gasteiger partial charge >= 0.3 is 0 Å². The average molecular weight is 272 g/mol. The maximum Gasteiger partial charge on any atom is 0.221 e. The van der Waals surface area contributed by atoms with Gasteiger partial charge in [0.25, 0.3) is 0 Å². The molecule has 0 amide bonds. The van der Waals surface area contributed by atoms with E-state index in [-0.39, 0.29) is 4.66 Å². The second kappa shape index (κ2) is 5.29. The Balaban J connectivity index is 2.25. The number of alkyl halides is 1. The van der Waals surface area contributed by atoms with Gasteiger partial charge < -0.3 is 4.74 Å². The van der Waals surface area contributed by atoms with Crippen molar-refractivity contribution in [3.05, 3.63) is 0 Å². The fraction of sp³-hybridized carbons (Fsp3) is 1.00. The highest BCUT2D eigenvalue weighted by Gasteiger charge is 2.16. The maximum absolute atomic E-state index is 11.1. The van der Waals surface area contributed by atoms with Gasteiger partial charge in [0.2, 0.25) is 10.0 Å². The van der Waals surface area contributed by atoms with Crippen molar-refractivity contribution < 1.29 is 13.2 Å². The number of hydrogen-bond donors (Lipinski definition) is 1. The number of nitrogens with one attached hydrogen (secondary N) is 1. The average Bonchev–Trinajstić information content (AvgIpc) is 2.17. The Hall–Kier alpha value is 0.350. The number of ether oxygens (including phenoxy) is 1. The minimum atomic E-state index is -3.09. The minimum Gasteiger partial charge on any atom is -0.381 e. The molecule has 0 saturated carbocycles. The first-order chi connectivity index (χ1) is 6.14. The van der Waals surface area contributed by atoms with Crippen LogP contribution in [0.4, 0.5) is 0 Å². The maximum atomic E-state index is 11.1. The molecule has 1 aliphatic heterocycles. The molecule has 0 atom stereocenters. The predicted molar refractivity (Wildman–Crippen MR) is 54.3 cm³/mol. The Morgan fingerprint density at radius 3 is 2.54 bits per heavy atom. The van der Waals surface area contributed by atoms with Crippen molar-refractivity contribution in [2.45, 2.75) is 12.8 Å². The highest BCUT2D eigenvalue weighted by atomic mass is 79.9. The van der Waals surface area contributed by atoms with Crippen LogP contribution in [0.15, 0.2) is 0 Å². The lowest BCUT2D eigenvalue weighted by Gasteiger charge is -2.21. The second-order valence-corrected chi connectivity index (χ2v) is 6.24. The zero-order valence-electron chi connectivity index (χ0n) is 7.33. The fourth-order valence-electron chi connectivity index (χ4n) is 1.23. The molecule has 1 fully saturated rings. The van der Waals surface area contributed by atoms with Crippen LogP contribution in [0.25, 0.3) is 0 Å². The summed E-state index contributed by atoms with van der Waals surface area (Å²) in [7, 11) is -3.09. The highest BCUT2D eigenvalue weighted by molar-refractivity contribution is 9.10. The van der Waals surface area contributed by atoms with Crippen LogP contribution in [0.1, 0.15) is 12.8 Å². The summed E-state index contributed by atoms with van der Waals surface area (Å²) in [6, 6.07) is 0. The molecule has 0 spiro atoms. The molecule has 78 valence electrons. The molecular formula is C7H14BrNO3S. The van der Waals surface area contributed by atoms with Gasteiger partial charge in [0.15, 0.2) is 0 Å². The van der Waals surface area contributed by atoms with E-state index in [1.165, 1.54) is 0 Å². The summed E-state index contributed by atoms with van der Waals surface area (Å²) < 4.78 is 29.8. The molecule has 1 saturated heterocycles. The van der Waals surface area contributed by atoms with E-state index in [1.807, 2.05) is 0 Å². The Labute approximate surface area is 87.2 Å². The third-order valence-electron chi connectivity index (χ3n) is 2.08. The van der Waals surface area contributed by atoms with E-state index in [1.54, 1.807) is 0 Å². The first kappa shape index (κ1) is 11.4. The second-order valence-electron chi connectivity index (χ2n) is 3.13. The summed E-state index contributed by atoms with van der Waals surface area (Å²) in [4.78, 5) is 0. The number of rotatable bonds is 4. The third-order valence-corrected chi connectivity index (χ3v) is 4.78. The number of sulfonamides is 1. The molecule has 0 unspecified atom stereocenters. The molecule has 0 aromatic rings. The highest BCUT2D eigenvalue weighted by Crippen LogP contribution is 2.13. The third kappa shape index (κ3) is 4.39. The molecular weight excluding hydrogens is 258 g/mol. The summed E-state index contributed by atoms with van der Waals surface area (Å²) in [6.07, 6.45) is 1.90. The largest absolute Gasteiger partial charge is 0.381 e. The van der Waals surface area contributed by atoms with Crippen molar-refractivity contribution >= 4 is 26.0 Å². The van der Waals surface area contributed by atoms with Gasteiger partial charge in [-0.3, -0.25) is 0 Å². The molecule has 1 rings (SSSR count). The molecule has 13 heavy (non-hydrogen) atoms. The standard InChI is InChI=1S/C7H14BrNO3S/c8-6-13(10,11)9-5-7-1-3-12-4-2-7/h7,9H,1-6H2. The van der Waals surface area contributed by atoms with Gasteiger partial charge in [-0.25, -0.2) is 13.1 Å². The summed E-state index contributed by atoms with van der Waals surface area (Å²) in [5.74, 6) is 0.433. The summed E-state index contributed by atoms with van der Waals surface area (Å²) in [6.45, 7) is 2.04. The Kier molecular flexibility index (Phi) is 4.64. The molecule has 1 aliphatic rings. The van der Waals surface area contributed by atoms with Gasteiger partial charge in [0.05, 0.1) is 0 Å². The Morgan fingerprint density at radius 2 is 2.00 bits per heavy atom. The first-order valence-electron chi connectivity index (χ1n) is 4.25. The van der Waals surface area contributed by atoms with Crippen LogP contribution in [0.5, 0.6) is 0 Å². The van der Waals surface area contributed by atoms with E-state index in [4.69, 9.17) is 4.74 Å². The van der Waals surface area contributed by atoms with E-state index in [0.29, 0.717) is 12.5 Å². The van der Waals surface area contributed by atoms with Crippen LogP contribution < -0.4 is 4.72 Å². The van der Waals surface area contributed by atoms with Gasteiger partial charge in [-0.2, -0.15) is 0 Å².